The zero-order valence-electron chi connectivity index (χ0n) is 23.7. The maximum Gasteiger partial charge on any atom is 0.417 e. The first-order valence-corrected chi connectivity index (χ1v) is 15.6. The van der Waals surface area contributed by atoms with E-state index in [1.165, 1.54) is 0 Å². The first-order chi connectivity index (χ1) is 21.0. The van der Waals surface area contributed by atoms with Gasteiger partial charge in [0.2, 0.25) is 0 Å². The zero-order valence-corrected chi connectivity index (χ0v) is 24.5. The number of rotatable bonds is 6. The van der Waals surface area contributed by atoms with Crippen LogP contribution in [0.4, 0.5) is 32.9 Å². The Bertz CT molecular complexity index is 1730. The molecule has 4 heterocycles. The van der Waals surface area contributed by atoms with Gasteiger partial charge in [0.1, 0.15) is 17.2 Å². The molecule has 2 aromatic carbocycles. The molecular formula is C30H31F5N6O2S. The number of fused-ring (bicyclic) bond motifs is 4. The number of aliphatic hydroxyl groups is 1. The fourth-order valence-corrected chi connectivity index (χ4v) is 7.78. The fourth-order valence-electron chi connectivity index (χ4n) is 7.01. The topological polar surface area (TPSA) is 109 Å². The molecule has 2 bridgehead atoms. The van der Waals surface area contributed by atoms with Crippen LogP contribution in [-0.2, 0) is 6.18 Å². The predicted octanol–water partition coefficient (Wildman–Crippen LogP) is 6.05. The van der Waals surface area contributed by atoms with E-state index in [-0.39, 0.29) is 68.9 Å². The number of ether oxygens (including phenoxy) is 1. The minimum Gasteiger partial charge on any atom is -0.463 e. The second-order valence-electron chi connectivity index (χ2n) is 12.2. The van der Waals surface area contributed by atoms with Gasteiger partial charge in [-0.25, -0.2) is 13.8 Å². The summed E-state index contributed by atoms with van der Waals surface area (Å²) >= 11 is 0.771. The average Bonchev–Trinajstić information content (AvgIpc) is 3.57. The van der Waals surface area contributed by atoms with E-state index < -0.39 is 34.4 Å². The van der Waals surface area contributed by atoms with Gasteiger partial charge in [0.05, 0.1) is 29.0 Å². The Labute approximate surface area is 253 Å². The normalized spacial score (nSPS) is 21.8. The quantitative estimate of drug-likeness (QED) is 0.220. The summed E-state index contributed by atoms with van der Waals surface area (Å²) in [6.07, 6.45) is 1.26. The number of aliphatic hydroxyl groups excluding tert-OH is 1. The van der Waals surface area contributed by atoms with Crippen LogP contribution in [-0.4, -0.2) is 58.4 Å². The third-order valence-corrected chi connectivity index (χ3v) is 10.1. The Kier molecular flexibility index (Phi) is 7.28. The maximum absolute atomic E-state index is 16.7. The van der Waals surface area contributed by atoms with Crippen molar-refractivity contribution in [2.45, 2.75) is 63.2 Å². The molecule has 1 saturated carbocycles. The Morgan fingerprint density at radius 3 is 2.45 bits per heavy atom. The molecule has 0 spiro atoms. The van der Waals surface area contributed by atoms with Gasteiger partial charge in [0, 0.05) is 47.1 Å². The van der Waals surface area contributed by atoms with Gasteiger partial charge in [-0.1, -0.05) is 30.6 Å². The van der Waals surface area contributed by atoms with Gasteiger partial charge in [0.15, 0.2) is 10.9 Å². The number of nitrogens with two attached hydrogens (primary N) is 1. The molecule has 234 valence electrons. The number of hydrogen-bond donors (Lipinski definition) is 3. The number of piperazine rings is 1. The van der Waals surface area contributed by atoms with Gasteiger partial charge >= 0.3 is 12.2 Å². The Hall–Kier alpha value is -3.36. The van der Waals surface area contributed by atoms with E-state index in [2.05, 4.69) is 20.3 Å². The molecule has 2 saturated heterocycles. The summed E-state index contributed by atoms with van der Waals surface area (Å²) < 4.78 is 81.5. The van der Waals surface area contributed by atoms with E-state index in [0.29, 0.717) is 13.1 Å². The second-order valence-corrected chi connectivity index (χ2v) is 13.2. The number of nitrogens with zero attached hydrogens (tertiary/aromatic N) is 4. The van der Waals surface area contributed by atoms with Crippen LogP contribution in [0.5, 0.6) is 6.01 Å². The van der Waals surface area contributed by atoms with Crippen LogP contribution < -0.4 is 20.7 Å². The third-order valence-electron chi connectivity index (χ3n) is 9.25. The third kappa shape index (κ3) is 5.10. The summed E-state index contributed by atoms with van der Waals surface area (Å²) in [5.74, 6) is -1.81. The second kappa shape index (κ2) is 10.9. The highest BCUT2D eigenvalue weighted by Crippen LogP contribution is 2.46. The number of hydrogen-bond acceptors (Lipinski definition) is 9. The number of thiazole rings is 1. The smallest absolute Gasteiger partial charge is 0.417 e. The van der Waals surface area contributed by atoms with E-state index in [9.17, 15) is 22.7 Å². The molecule has 3 aliphatic rings. The first-order valence-electron chi connectivity index (χ1n) is 14.8. The number of nitrogens with one attached hydrogen (secondary N) is 1. The lowest BCUT2D eigenvalue weighted by Gasteiger charge is -2.36. The Balaban J connectivity index is 1.44. The predicted molar refractivity (Wildman–Crippen MR) is 158 cm³/mol. The summed E-state index contributed by atoms with van der Waals surface area (Å²) in [5, 5.41) is 13.5. The van der Waals surface area contributed by atoms with E-state index in [1.54, 1.807) is 0 Å². The molecule has 1 aliphatic carbocycles. The van der Waals surface area contributed by atoms with Crippen molar-refractivity contribution in [1.29, 1.82) is 0 Å². The summed E-state index contributed by atoms with van der Waals surface area (Å²) in [4.78, 5) is 14.8. The minimum atomic E-state index is -4.98. The molecule has 2 atom stereocenters. The molecule has 0 radical (unpaired) electrons. The molecule has 3 fully saturated rings. The molecule has 4 aromatic rings. The van der Waals surface area contributed by atoms with Crippen LogP contribution >= 0.6 is 11.3 Å². The van der Waals surface area contributed by atoms with Gasteiger partial charge in [-0.3, -0.25) is 0 Å². The van der Waals surface area contributed by atoms with Crippen molar-refractivity contribution in [2.24, 2.45) is 5.41 Å². The standard InChI is InChI=1S/C30H31F5N6O2S/c31-20-7-6-17(24-25(20)44-27(36)38-24)21-19(30(33,34)35)10-18-23(22(21)32)39-28(43-14-29(13-42)8-2-1-3-9-29)40-26(18)41-11-15-4-5-16(12-41)37-15/h6-7,10,15-16,37,42H,1-5,8-9,11-14H2,(H2,36,38). The molecule has 2 aliphatic heterocycles. The minimum absolute atomic E-state index is 0.0599. The van der Waals surface area contributed by atoms with Crippen LogP contribution in [0.3, 0.4) is 0 Å². The number of alkyl halides is 3. The summed E-state index contributed by atoms with van der Waals surface area (Å²) in [6, 6.07) is 3.00. The molecule has 14 heteroatoms. The number of nitrogen functional groups attached to an aromatic ring is 1. The van der Waals surface area contributed by atoms with Gasteiger partial charge in [-0.15, -0.1) is 0 Å². The lowest BCUT2D eigenvalue weighted by atomic mass is 9.75. The number of anilines is 2. The summed E-state index contributed by atoms with van der Waals surface area (Å²) in [6.45, 7) is 0.945. The highest BCUT2D eigenvalue weighted by molar-refractivity contribution is 7.22. The van der Waals surface area contributed by atoms with Crippen LogP contribution in [0.2, 0.25) is 0 Å². The van der Waals surface area contributed by atoms with Crippen LogP contribution in [0.25, 0.3) is 32.2 Å². The van der Waals surface area contributed by atoms with Crippen molar-refractivity contribution in [3.63, 3.8) is 0 Å². The Morgan fingerprint density at radius 1 is 1.05 bits per heavy atom. The average molecular weight is 635 g/mol. The van der Waals surface area contributed by atoms with E-state index in [4.69, 9.17) is 10.5 Å². The van der Waals surface area contributed by atoms with Crippen molar-refractivity contribution >= 4 is 43.4 Å². The first kappa shape index (κ1) is 29.4. The molecule has 2 unspecified atom stereocenters. The van der Waals surface area contributed by atoms with Gasteiger partial charge in [-0.05, 0) is 43.9 Å². The van der Waals surface area contributed by atoms with E-state index >= 15 is 4.39 Å². The SMILES string of the molecule is Nc1nc2c(-c3c(C(F)(F)F)cc4c(N5CC6CCC(C5)N6)nc(OCC5(CO)CCCCC5)nc4c3F)ccc(F)c2s1. The van der Waals surface area contributed by atoms with Crippen LogP contribution in [0, 0.1) is 17.0 Å². The monoisotopic (exact) mass is 634 g/mol. The lowest BCUT2D eigenvalue weighted by molar-refractivity contribution is -0.137. The molecular weight excluding hydrogens is 603 g/mol. The lowest BCUT2D eigenvalue weighted by Crippen LogP contribution is -2.51. The highest BCUT2D eigenvalue weighted by Gasteiger charge is 2.40. The van der Waals surface area contributed by atoms with Crippen molar-refractivity contribution in [3.05, 3.63) is 35.4 Å². The summed E-state index contributed by atoms with van der Waals surface area (Å²) in [7, 11) is 0. The summed E-state index contributed by atoms with van der Waals surface area (Å²) in [5.41, 5.74) is 2.48. The molecule has 2 aromatic heterocycles. The molecule has 7 rings (SSSR count). The molecule has 44 heavy (non-hydrogen) atoms. The van der Waals surface area contributed by atoms with Gasteiger partial charge < -0.3 is 25.8 Å². The molecule has 8 nitrogen and oxygen atoms in total. The number of aromatic nitrogens is 3. The van der Waals surface area contributed by atoms with E-state index in [0.717, 1.165) is 74.5 Å². The largest absolute Gasteiger partial charge is 0.463 e. The number of halogens is 5. The molecule has 4 N–H and O–H groups in total. The van der Waals surface area contributed by atoms with Gasteiger partial charge in [-0.2, -0.15) is 23.1 Å². The van der Waals surface area contributed by atoms with Gasteiger partial charge in [0.25, 0.3) is 0 Å². The van der Waals surface area contributed by atoms with Crippen LogP contribution in [0.1, 0.15) is 50.5 Å². The zero-order chi connectivity index (χ0) is 30.8. The van der Waals surface area contributed by atoms with Crippen molar-refractivity contribution < 1.29 is 31.8 Å². The molecule has 0 amide bonds. The van der Waals surface area contributed by atoms with Crippen molar-refractivity contribution in [3.8, 4) is 17.1 Å². The number of benzene rings is 2. The fraction of sp³-hybridized carbons (Fsp3) is 0.500. The maximum atomic E-state index is 16.7. The van der Waals surface area contributed by atoms with E-state index in [1.807, 2.05) is 4.90 Å². The highest BCUT2D eigenvalue weighted by atomic mass is 32.1. The Morgan fingerprint density at radius 2 is 1.77 bits per heavy atom. The van der Waals surface area contributed by atoms with Crippen molar-refractivity contribution in [2.75, 3.05) is 36.9 Å². The van der Waals surface area contributed by atoms with Crippen LogP contribution in [0.15, 0.2) is 18.2 Å². The van der Waals surface area contributed by atoms with Crippen molar-refractivity contribution in [1.82, 2.24) is 20.3 Å².